The summed E-state index contributed by atoms with van der Waals surface area (Å²) in [5.74, 6) is 0. The molecule has 1 aromatic heterocycles. The van der Waals surface area contributed by atoms with Crippen LogP contribution >= 0.6 is 15.8 Å². The minimum Gasteiger partial charge on any atom is 0 e. The van der Waals surface area contributed by atoms with Gasteiger partial charge in [-0.2, -0.15) is 0 Å². The molecule has 2 aromatic carbocycles. The van der Waals surface area contributed by atoms with E-state index in [1.807, 2.05) is 31.1 Å². The van der Waals surface area contributed by atoms with E-state index in [9.17, 15) is 0 Å². The SMILES string of the molecule is CC(C)P(c1ccccc1[B]c1ccccc1P(C(C)C)C(C)C)C(C)C.CN(C)c1c[c-]ncc1.[C-]#[O+].[C-]#[O+].[Ir]. The number of benzene rings is 2. The topological polar surface area (TPSA) is 55.9 Å². The standard InChI is InChI=1S/C24H36BP2.C7H9N2.2CO.Ir/c1-17(2)26(18(3)4)23-15-11-9-13-21(23)25-22-14-10-12-16-24(22)27(19(5)6)20(7)8;1-9(2)7-3-5-8-6-4-7;2*1-2;/h9-20H,1-8H3;3-5H,1-2H3;;;/q;-1;;;. The van der Waals surface area contributed by atoms with E-state index in [4.69, 9.17) is 9.30 Å². The quantitative estimate of drug-likeness (QED) is 0.115. The van der Waals surface area contributed by atoms with E-state index in [1.54, 1.807) is 16.8 Å². The van der Waals surface area contributed by atoms with Crippen LogP contribution in [0.2, 0.25) is 0 Å². The third-order valence-electron chi connectivity index (χ3n) is 6.09. The molecule has 0 aliphatic carbocycles. The molecule has 8 heteroatoms. The van der Waals surface area contributed by atoms with Crippen LogP contribution in [0.4, 0.5) is 5.69 Å². The number of aromatic nitrogens is 1. The van der Waals surface area contributed by atoms with E-state index < -0.39 is 0 Å². The number of nitrogens with zero attached hydrogens (tertiary/aromatic N) is 2. The summed E-state index contributed by atoms with van der Waals surface area (Å²) in [5.41, 5.74) is 6.77. The van der Waals surface area contributed by atoms with Crippen LogP contribution in [0.5, 0.6) is 0 Å². The van der Waals surface area contributed by atoms with Gasteiger partial charge < -0.3 is 9.88 Å². The Labute approximate surface area is 267 Å². The van der Waals surface area contributed by atoms with Gasteiger partial charge in [0.15, 0.2) is 7.28 Å². The Morgan fingerprint density at radius 3 is 1.32 bits per heavy atom. The van der Waals surface area contributed by atoms with Gasteiger partial charge in [0.05, 0.1) is 0 Å². The maximum absolute atomic E-state index is 7.50. The van der Waals surface area contributed by atoms with Crippen LogP contribution in [0.1, 0.15) is 55.4 Å². The van der Waals surface area contributed by atoms with Crippen LogP contribution in [0.3, 0.4) is 0 Å². The van der Waals surface area contributed by atoms with Crippen molar-refractivity contribution in [1.29, 1.82) is 0 Å². The number of pyridine rings is 1. The van der Waals surface area contributed by atoms with Gasteiger partial charge >= 0.3 is 22.6 Å². The molecule has 3 rings (SSSR count). The van der Waals surface area contributed by atoms with E-state index in [-0.39, 0.29) is 35.9 Å². The Morgan fingerprint density at radius 1 is 0.683 bits per heavy atom. The fraction of sp³-hybridized carbons (Fsp3) is 0.424. The predicted molar refractivity (Wildman–Crippen MR) is 177 cm³/mol. The fourth-order valence-electron chi connectivity index (χ4n) is 4.75. The zero-order valence-corrected chi connectivity index (χ0v) is 30.4. The smallest absolute Gasteiger partial charge is 0 e. The monoisotopic (exact) mass is 767 g/mol. The third-order valence-corrected chi connectivity index (χ3v) is 12.5. The summed E-state index contributed by atoms with van der Waals surface area (Å²) in [6.07, 6.45) is 4.48. The molecule has 0 bridgehead atoms. The van der Waals surface area contributed by atoms with Crippen molar-refractivity contribution in [1.82, 2.24) is 4.98 Å². The molecule has 1 heterocycles. The van der Waals surface area contributed by atoms with Gasteiger partial charge in [0.1, 0.15) is 0 Å². The molecule has 0 aliphatic heterocycles. The Morgan fingerprint density at radius 2 is 1.05 bits per heavy atom. The van der Waals surface area contributed by atoms with Crippen molar-refractivity contribution in [2.45, 2.75) is 78.0 Å². The van der Waals surface area contributed by atoms with Crippen molar-refractivity contribution >= 4 is 50.3 Å². The molecular weight excluding hydrogens is 721 g/mol. The second-order valence-electron chi connectivity index (χ2n) is 10.5. The summed E-state index contributed by atoms with van der Waals surface area (Å²) in [5, 5.41) is 3.12. The molecule has 0 fully saturated rings. The first-order valence-corrected chi connectivity index (χ1v) is 16.5. The average Bonchev–Trinajstić information content (AvgIpc) is 2.93. The van der Waals surface area contributed by atoms with Crippen molar-refractivity contribution in [3.8, 4) is 0 Å². The summed E-state index contributed by atoms with van der Waals surface area (Å²) in [6, 6.07) is 22.0. The van der Waals surface area contributed by atoms with Crippen molar-refractivity contribution in [2.24, 2.45) is 0 Å². The minimum atomic E-state index is -0.167. The maximum Gasteiger partial charge on any atom is 0 e. The summed E-state index contributed by atoms with van der Waals surface area (Å²) in [6.45, 7) is 28.1. The molecule has 4 nitrogen and oxygen atoms in total. The molecule has 3 aromatic rings. The Kier molecular flexibility index (Phi) is 23.3. The van der Waals surface area contributed by atoms with E-state index in [0.717, 1.165) is 5.69 Å². The van der Waals surface area contributed by atoms with Gasteiger partial charge in [0.2, 0.25) is 0 Å². The van der Waals surface area contributed by atoms with Crippen LogP contribution in [0.25, 0.3) is 0 Å². The first kappa shape index (κ1) is 41.6. The van der Waals surface area contributed by atoms with Gasteiger partial charge in [-0.3, -0.25) is 0 Å². The van der Waals surface area contributed by atoms with Gasteiger partial charge in [-0.15, -0.1) is 12.1 Å². The Balaban J connectivity index is 0. The van der Waals surface area contributed by atoms with E-state index in [1.165, 1.54) is 10.9 Å². The van der Waals surface area contributed by atoms with Gasteiger partial charge in [0.25, 0.3) is 0 Å². The number of anilines is 1. The zero-order valence-electron chi connectivity index (χ0n) is 26.2. The van der Waals surface area contributed by atoms with E-state index in [2.05, 4.69) is 136 Å². The summed E-state index contributed by atoms with van der Waals surface area (Å²) in [7, 11) is 6.11. The van der Waals surface area contributed by atoms with Crippen molar-refractivity contribution < 1.29 is 29.4 Å². The first-order chi connectivity index (χ1) is 19.0. The van der Waals surface area contributed by atoms with Crippen LogP contribution in [-0.4, -0.2) is 49.0 Å². The summed E-state index contributed by atoms with van der Waals surface area (Å²) in [4.78, 5) is 5.79. The van der Waals surface area contributed by atoms with Crippen molar-refractivity contribution in [3.63, 3.8) is 0 Å². The molecule has 0 amide bonds. The molecule has 0 saturated heterocycles. The van der Waals surface area contributed by atoms with Crippen molar-refractivity contribution in [3.05, 3.63) is 86.4 Å². The van der Waals surface area contributed by atoms with Crippen LogP contribution < -0.4 is 26.4 Å². The predicted octanol–water partition coefficient (Wildman–Crippen LogP) is 6.06. The molecule has 0 spiro atoms. The first-order valence-electron chi connectivity index (χ1n) is 13.5. The molecule has 0 N–H and O–H groups in total. The van der Waals surface area contributed by atoms with Crippen LogP contribution in [-0.2, 0) is 29.4 Å². The second-order valence-corrected chi connectivity index (χ2v) is 17.2. The normalized spacial score (nSPS) is 10.1. The molecule has 0 aliphatic rings. The number of hydrogen-bond donors (Lipinski definition) is 0. The molecule has 0 saturated carbocycles. The molecule has 41 heavy (non-hydrogen) atoms. The molecule has 0 unspecified atom stereocenters. The Hall–Kier alpha value is -1.56. The molecular formula is C33H45BIrN2O2P2-. The fourth-order valence-corrected chi connectivity index (χ4v) is 10.7. The average molecular weight is 767 g/mol. The Bertz CT molecular complexity index is 1060. The maximum atomic E-state index is 7.50. The number of rotatable bonds is 9. The summed E-state index contributed by atoms with van der Waals surface area (Å²) >= 11 is 0. The molecule has 222 valence electrons. The minimum absolute atomic E-state index is 0. The largest absolute Gasteiger partial charge is 0 e. The van der Waals surface area contributed by atoms with Crippen molar-refractivity contribution in [2.75, 3.05) is 19.0 Å². The van der Waals surface area contributed by atoms with Gasteiger partial charge in [-0.25, -0.2) is 0 Å². The van der Waals surface area contributed by atoms with Gasteiger partial charge in [-0.1, -0.05) is 149 Å². The van der Waals surface area contributed by atoms with Gasteiger partial charge in [0, 0.05) is 20.1 Å². The van der Waals surface area contributed by atoms with E-state index >= 15 is 0 Å². The second kappa shape index (κ2) is 23.0. The molecule has 2 radical (unpaired) electrons. The zero-order chi connectivity index (χ0) is 30.8. The third kappa shape index (κ3) is 14.0. The van der Waals surface area contributed by atoms with Gasteiger partial charge in [-0.05, 0) is 47.3 Å². The van der Waals surface area contributed by atoms with Crippen LogP contribution in [0.15, 0.2) is 66.9 Å². The van der Waals surface area contributed by atoms with Crippen LogP contribution in [0, 0.1) is 19.5 Å². The summed E-state index contributed by atoms with van der Waals surface area (Å²) < 4.78 is 15.0. The number of hydrogen-bond acceptors (Lipinski definition) is 2. The molecule has 0 atom stereocenters. The van der Waals surface area contributed by atoms with E-state index in [0.29, 0.717) is 22.6 Å².